The number of hydrogen-bond donors (Lipinski definition) is 2. The molecule has 0 spiro atoms. The smallest absolute Gasteiger partial charge is 0.416 e. The second-order valence-corrected chi connectivity index (χ2v) is 11.7. The van der Waals surface area contributed by atoms with Crippen LogP contribution in [-0.4, -0.2) is 21.7 Å². The minimum atomic E-state index is -4.38. The first-order valence-electron chi connectivity index (χ1n) is 12.2. The highest BCUT2D eigenvalue weighted by Crippen LogP contribution is 2.37. The van der Waals surface area contributed by atoms with Gasteiger partial charge in [-0.2, -0.15) is 24.5 Å². The van der Waals surface area contributed by atoms with Crippen LogP contribution in [-0.2, 0) is 17.5 Å². The van der Waals surface area contributed by atoms with E-state index < -0.39 is 23.3 Å². The Morgan fingerprint density at radius 2 is 1.72 bits per heavy atom. The molecule has 5 nitrogen and oxygen atoms in total. The van der Waals surface area contributed by atoms with Crippen molar-refractivity contribution in [1.82, 2.24) is 10.3 Å². The SMILES string of the molecule is Cc1cc(CNC(c2ccsc2)c2sc(-c3ccc(C(F)(F)F)cc3)nc2C)cc(C)c1OC(C)(C)C(=O)O. The van der Waals surface area contributed by atoms with Crippen LogP contribution in [0.15, 0.2) is 53.2 Å². The number of carboxylic acid groups (broad SMARTS) is 1. The van der Waals surface area contributed by atoms with E-state index in [4.69, 9.17) is 4.74 Å². The molecule has 0 fully saturated rings. The van der Waals surface area contributed by atoms with Crippen molar-refractivity contribution in [1.29, 1.82) is 0 Å². The van der Waals surface area contributed by atoms with Gasteiger partial charge in [-0.05, 0) is 85.8 Å². The molecular weight excluding hydrogens is 545 g/mol. The Hall–Kier alpha value is -3.21. The molecule has 4 rings (SSSR count). The van der Waals surface area contributed by atoms with Gasteiger partial charge in [0.05, 0.1) is 17.3 Å². The molecule has 4 aromatic rings. The van der Waals surface area contributed by atoms with Crippen LogP contribution in [0.4, 0.5) is 13.2 Å². The van der Waals surface area contributed by atoms with Gasteiger partial charge in [0.25, 0.3) is 0 Å². The maximum Gasteiger partial charge on any atom is 0.416 e. The summed E-state index contributed by atoms with van der Waals surface area (Å²) in [6, 6.07) is 10.9. The summed E-state index contributed by atoms with van der Waals surface area (Å²) >= 11 is 3.04. The molecule has 1 unspecified atom stereocenters. The Bertz CT molecular complexity index is 1440. The summed E-state index contributed by atoms with van der Waals surface area (Å²) in [5.41, 5.74) is 3.17. The largest absolute Gasteiger partial charge is 0.478 e. The third kappa shape index (κ3) is 6.51. The molecule has 2 aromatic heterocycles. The highest BCUT2D eigenvalue weighted by atomic mass is 32.1. The van der Waals surface area contributed by atoms with Gasteiger partial charge in [0.15, 0.2) is 5.60 Å². The second kappa shape index (κ2) is 11.1. The summed E-state index contributed by atoms with van der Waals surface area (Å²) in [5, 5.41) is 17.8. The molecule has 2 N–H and O–H groups in total. The van der Waals surface area contributed by atoms with Crippen LogP contribution in [0.2, 0.25) is 0 Å². The van der Waals surface area contributed by atoms with Crippen LogP contribution < -0.4 is 10.1 Å². The molecule has 0 aliphatic carbocycles. The summed E-state index contributed by atoms with van der Waals surface area (Å²) in [6.07, 6.45) is -4.38. The minimum Gasteiger partial charge on any atom is -0.478 e. The molecule has 1 atom stereocenters. The summed E-state index contributed by atoms with van der Waals surface area (Å²) in [4.78, 5) is 17.2. The van der Waals surface area contributed by atoms with E-state index in [0.717, 1.165) is 45.0 Å². The Kier molecular flexibility index (Phi) is 8.20. The number of rotatable bonds is 9. The van der Waals surface area contributed by atoms with Crippen molar-refractivity contribution in [2.45, 2.75) is 59.0 Å². The van der Waals surface area contributed by atoms with Crippen molar-refractivity contribution in [3.05, 3.63) is 91.6 Å². The molecule has 0 radical (unpaired) electrons. The fraction of sp³-hybridized carbons (Fsp3) is 0.310. The van der Waals surface area contributed by atoms with E-state index in [-0.39, 0.29) is 6.04 Å². The summed E-state index contributed by atoms with van der Waals surface area (Å²) < 4.78 is 44.8. The van der Waals surface area contributed by atoms with E-state index in [1.54, 1.807) is 11.3 Å². The predicted molar refractivity (Wildman–Crippen MR) is 149 cm³/mol. The van der Waals surface area contributed by atoms with Gasteiger partial charge < -0.3 is 15.2 Å². The normalized spacial score (nSPS) is 12.9. The van der Waals surface area contributed by atoms with Crippen LogP contribution in [0.5, 0.6) is 5.75 Å². The van der Waals surface area contributed by atoms with Crippen molar-refractivity contribution in [3.8, 4) is 16.3 Å². The quantitative estimate of drug-likeness (QED) is 0.212. The number of carboxylic acids is 1. The first kappa shape index (κ1) is 28.8. The Morgan fingerprint density at radius 3 is 2.26 bits per heavy atom. The lowest BCUT2D eigenvalue weighted by Gasteiger charge is -2.25. The maximum absolute atomic E-state index is 13.0. The fourth-order valence-electron chi connectivity index (χ4n) is 4.22. The van der Waals surface area contributed by atoms with Crippen LogP contribution >= 0.6 is 22.7 Å². The number of aromatic nitrogens is 1. The Balaban J connectivity index is 1.59. The highest BCUT2D eigenvalue weighted by Gasteiger charge is 2.31. The molecule has 0 bridgehead atoms. The van der Waals surface area contributed by atoms with E-state index in [0.29, 0.717) is 22.9 Å². The number of nitrogens with one attached hydrogen (secondary N) is 1. The van der Waals surface area contributed by atoms with Gasteiger partial charge in [0, 0.05) is 17.0 Å². The Labute approximate surface area is 233 Å². The average molecular weight is 575 g/mol. The molecule has 0 saturated heterocycles. The second-order valence-electron chi connectivity index (χ2n) is 9.89. The van der Waals surface area contributed by atoms with E-state index in [9.17, 15) is 23.1 Å². The first-order valence-corrected chi connectivity index (χ1v) is 13.9. The van der Waals surface area contributed by atoms with Crippen LogP contribution in [0.25, 0.3) is 10.6 Å². The molecule has 206 valence electrons. The number of halogens is 3. The zero-order valence-corrected chi connectivity index (χ0v) is 23.8. The zero-order valence-electron chi connectivity index (χ0n) is 22.1. The lowest BCUT2D eigenvalue weighted by molar-refractivity contribution is -0.152. The molecular formula is C29H29F3N2O3S2. The average Bonchev–Trinajstić information content (AvgIpc) is 3.52. The van der Waals surface area contributed by atoms with E-state index >= 15 is 0 Å². The number of hydrogen-bond acceptors (Lipinski definition) is 6. The van der Waals surface area contributed by atoms with E-state index in [1.165, 1.54) is 37.3 Å². The summed E-state index contributed by atoms with van der Waals surface area (Å²) in [6.45, 7) is 9.26. The number of benzene rings is 2. The van der Waals surface area contributed by atoms with Crippen molar-refractivity contribution in [3.63, 3.8) is 0 Å². The number of nitrogens with zero attached hydrogens (tertiary/aromatic N) is 1. The van der Waals surface area contributed by atoms with Gasteiger partial charge in [-0.1, -0.05) is 24.3 Å². The van der Waals surface area contributed by atoms with Gasteiger partial charge in [-0.3, -0.25) is 0 Å². The monoisotopic (exact) mass is 574 g/mol. The van der Waals surface area contributed by atoms with Gasteiger partial charge in [0.2, 0.25) is 0 Å². The van der Waals surface area contributed by atoms with E-state index in [1.807, 2.05) is 44.4 Å². The van der Waals surface area contributed by atoms with Gasteiger partial charge in [-0.15, -0.1) is 11.3 Å². The van der Waals surface area contributed by atoms with Crippen LogP contribution in [0.1, 0.15) is 58.3 Å². The molecule has 2 heterocycles. The minimum absolute atomic E-state index is 0.167. The number of aliphatic carboxylic acids is 1. The van der Waals surface area contributed by atoms with Crippen LogP contribution in [0, 0.1) is 20.8 Å². The first-order chi connectivity index (χ1) is 18.3. The summed E-state index contributed by atoms with van der Waals surface area (Å²) in [7, 11) is 0. The van der Waals surface area contributed by atoms with Crippen LogP contribution in [0.3, 0.4) is 0 Å². The molecule has 0 amide bonds. The fourth-order valence-corrected chi connectivity index (χ4v) is 6.09. The topological polar surface area (TPSA) is 71.5 Å². The van der Waals surface area contributed by atoms with Crippen molar-refractivity contribution >= 4 is 28.6 Å². The maximum atomic E-state index is 13.0. The van der Waals surface area contributed by atoms with E-state index in [2.05, 4.69) is 15.7 Å². The van der Waals surface area contributed by atoms with Crippen molar-refractivity contribution in [2.24, 2.45) is 0 Å². The van der Waals surface area contributed by atoms with Gasteiger partial charge in [0.1, 0.15) is 10.8 Å². The standard InChI is InChI=1S/C29H29F3N2O3S2/c1-16-12-19(13-17(2)24(16)37-28(4,5)27(35)36)14-33-23(21-10-11-38-15-21)25-18(3)34-26(39-25)20-6-8-22(9-7-20)29(30,31)32/h6-13,15,23,33H,14H2,1-5H3,(H,35,36). The number of aryl methyl sites for hydroxylation is 3. The predicted octanol–water partition coefficient (Wildman–Crippen LogP) is 7.94. The van der Waals surface area contributed by atoms with Gasteiger partial charge >= 0.3 is 12.1 Å². The highest BCUT2D eigenvalue weighted by molar-refractivity contribution is 7.15. The Morgan fingerprint density at radius 1 is 1.08 bits per heavy atom. The van der Waals surface area contributed by atoms with Gasteiger partial charge in [-0.25, -0.2) is 9.78 Å². The lowest BCUT2D eigenvalue weighted by Crippen LogP contribution is -2.38. The number of thiazole rings is 1. The number of ether oxygens (including phenoxy) is 1. The number of carbonyl (C=O) groups is 1. The number of alkyl halides is 3. The lowest BCUT2D eigenvalue weighted by atomic mass is 10.0. The van der Waals surface area contributed by atoms with Crippen molar-refractivity contribution < 1.29 is 27.8 Å². The molecule has 2 aromatic carbocycles. The molecule has 0 saturated carbocycles. The van der Waals surface area contributed by atoms with Crippen molar-refractivity contribution in [2.75, 3.05) is 0 Å². The summed E-state index contributed by atoms with van der Waals surface area (Å²) in [5.74, 6) is -0.485. The third-order valence-electron chi connectivity index (χ3n) is 6.33. The zero-order chi connectivity index (χ0) is 28.5. The molecule has 0 aliphatic heterocycles. The third-order valence-corrected chi connectivity index (χ3v) is 8.31. The molecule has 0 aliphatic rings. The number of thiophene rings is 1. The molecule has 39 heavy (non-hydrogen) atoms. The molecule has 10 heteroatoms.